The molecule has 1 aromatic rings. The second-order valence-corrected chi connectivity index (χ2v) is 9.61. The first-order valence-electron chi connectivity index (χ1n) is 8.35. The summed E-state index contributed by atoms with van der Waals surface area (Å²) in [5.74, 6) is 0.294. The van der Waals surface area contributed by atoms with E-state index in [4.69, 9.17) is 16.3 Å². The standard InChI is InChI=1S/C17H22ClNO3S/c18-14-9-12(4-5-13(14)15-3-1-2-8-22-15)16-17(6-7-19-10-17)11-23(16,20)21/h4-5,9,15-16,19H,1-3,6-8,10-11H2/t15-,16-,17?/m0/s1. The number of halogens is 1. The van der Waals surface area contributed by atoms with Crippen molar-refractivity contribution in [2.75, 3.05) is 25.4 Å². The molecule has 4 rings (SSSR count). The smallest absolute Gasteiger partial charge is 0.158 e. The minimum Gasteiger partial charge on any atom is -0.373 e. The number of hydrogen-bond acceptors (Lipinski definition) is 4. The zero-order valence-corrected chi connectivity index (χ0v) is 14.6. The van der Waals surface area contributed by atoms with Crippen LogP contribution >= 0.6 is 11.6 Å². The molecule has 3 aliphatic rings. The number of sulfone groups is 1. The zero-order chi connectivity index (χ0) is 16.1. The van der Waals surface area contributed by atoms with E-state index < -0.39 is 15.1 Å². The summed E-state index contributed by atoms with van der Waals surface area (Å²) >= 11 is 6.49. The fourth-order valence-electron chi connectivity index (χ4n) is 4.47. The lowest BCUT2D eigenvalue weighted by molar-refractivity contribution is 0.0150. The van der Waals surface area contributed by atoms with Gasteiger partial charge in [0.1, 0.15) is 0 Å². The Bertz CT molecular complexity index is 707. The molecule has 3 fully saturated rings. The molecule has 0 bridgehead atoms. The van der Waals surface area contributed by atoms with Crippen molar-refractivity contribution < 1.29 is 13.2 Å². The van der Waals surface area contributed by atoms with Crippen LogP contribution < -0.4 is 5.32 Å². The van der Waals surface area contributed by atoms with Crippen LogP contribution in [0.5, 0.6) is 0 Å². The van der Waals surface area contributed by atoms with Gasteiger partial charge in [-0.15, -0.1) is 0 Å². The second kappa shape index (κ2) is 5.73. The minimum atomic E-state index is -3.05. The van der Waals surface area contributed by atoms with E-state index in [-0.39, 0.29) is 11.5 Å². The van der Waals surface area contributed by atoms with Crippen molar-refractivity contribution in [2.45, 2.75) is 37.0 Å². The molecule has 126 valence electrons. The molecule has 3 heterocycles. The van der Waals surface area contributed by atoms with Crippen molar-refractivity contribution in [3.63, 3.8) is 0 Å². The molecule has 0 aliphatic carbocycles. The third-order valence-electron chi connectivity index (χ3n) is 5.53. The lowest BCUT2D eigenvalue weighted by Gasteiger charge is -2.46. The summed E-state index contributed by atoms with van der Waals surface area (Å²) in [4.78, 5) is 0. The summed E-state index contributed by atoms with van der Waals surface area (Å²) in [7, 11) is -3.05. The molecule has 23 heavy (non-hydrogen) atoms. The zero-order valence-electron chi connectivity index (χ0n) is 13.1. The van der Waals surface area contributed by atoms with Gasteiger partial charge >= 0.3 is 0 Å². The van der Waals surface area contributed by atoms with Gasteiger partial charge in [-0.2, -0.15) is 0 Å². The molecule has 0 aromatic heterocycles. The molecule has 3 aliphatic heterocycles. The summed E-state index contributed by atoms with van der Waals surface area (Å²) in [5.41, 5.74) is 1.69. The fraction of sp³-hybridized carbons (Fsp3) is 0.647. The molecule has 1 N–H and O–H groups in total. The normalized spacial score (nSPS) is 36.0. The number of benzene rings is 1. The van der Waals surface area contributed by atoms with Gasteiger partial charge in [-0.25, -0.2) is 8.42 Å². The summed E-state index contributed by atoms with van der Waals surface area (Å²) < 4.78 is 30.6. The number of rotatable bonds is 2. The highest BCUT2D eigenvalue weighted by molar-refractivity contribution is 7.93. The Hall–Kier alpha value is -0.620. The highest BCUT2D eigenvalue weighted by atomic mass is 35.5. The molecular formula is C17H22ClNO3S. The first kappa shape index (κ1) is 15.9. The molecular weight excluding hydrogens is 334 g/mol. The Kier molecular flexibility index (Phi) is 3.95. The van der Waals surface area contributed by atoms with Gasteiger partial charge in [0.25, 0.3) is 0 Å². The van der Waals surface area contributed by atoms with E-state index in [1.807, 2.05) is 18.2 Å². The Morgan fingerprint density at radius 3 is 2.78 bits per heavy atom. The van der Waals surface area contributed by atoms with E-state index in [2.05, 4.69) is 5.32 Å². The summed E-state index contributed by atoms with van der Waals surface area (Å²) in [6.07, 6.45) is 4.19. The molecule has 4 nitrogen and oxygen atoms in total. The third kappa shape index (κ3) is 2.62. The molecule has 3 atom stereocenters. The van der Waals surface area contributed by atoms with Crippen LogP contribution in [0.4, 0.5) is 0 Å². The number of ether oxygens (including phenoxy) is 1. The second-order valence-electron chi connectivity index (χ2n) is 7.11. The van der Waals surface area contributed by atoms with Crippen LogP contribution in [-0.2, 0) is 14.6 Å². The average Bonchev–Trinajstić information content (AvgIpc) is 2.97. The molecule has 3 saturated heterocycles. The quantitative estimate of drug-likeness (QED) is 0.886. The Morgan fingerprint density at radius 2 is 2.17 bits per heavy atom. The maximum absolute atomic E-state index is 12.4. The lowest BCUT2D eigenvalue weighted by atomic mass is 9.80. The van der Waals surface area contributed by atoms with Crippen molar-refractivity contribution >= 4 is 21.4 Å². The van der Waals surface area contributed by atoms with Gasteiger partial charge < -0.3 is 10.1 Å². The topological polar surface area (TPSA) is 55.4 Å². The highest BCUT2D eigenvalue weighted by Gasteiger charge is 2.59. The Labute approximate surface area is 142 Å². The van der Waals surface area contributed by atoms with E-state index in [1.165, 1.54) is 0 Å². The molecule has 0 saturated carbocycles. The molecule has 1 unspecified atom stereocenters. The molecule has 0 amide bonds. The van der Waals surface area contributed by atoms with Crippen LogP contribution in [0.3, 0.4) is 0 Å². The van der Waals surface area contributed by atoms with Gasteiger partial charge in [0.05, 0.1) is 17.1 Å². The lowest BCUT2D eigenvalue weighted by Crippen LogP contribution is -2.52. The SMILES string of the molecule is O=S1(=O)CC2(CCNC2)[C@@H]1c1ccc([C@@H]2CCCCO2)c(Cl)c1. The van der Waals surface area contributed by atoms with Gasteiger partial charge in [-0.1, -0.05) is 23.7 Å². The predicted molar refractivity (Wildman–Crippen MR) is 90.4 cm³/mol. The van der Waals surface area contributed by atoms with Gasteiger partial charge in [0.15, 0.2) is 9.84 Å². The maximum atomic E-state index is 12.4. The van der Waals surface area contributed by atoms with Crippen molar-refractivity contribution in [1.29, 1.82) is 0 Å². The van der Waals surface area contributed by atoms with E-state index in [0.717, 1.165) is 56.5 Å². The predicted octanol–water partition coefficient (Wildman–Crippen LogP) is 3.03. The van der Waals surface area contributed by atoms with Crippen molar-refractivity contribution in [2.24, 2.45) is 5.41 Å². The highest BCUT2D eigenvalue weighted by Crippen LogP contribution is 2.55. The van der Waals surface area contributed by atoms with Gasteiger partial charge in [0.2, 0.25) is 0 Å². The molecule has 0 radical (unpaired) electrons. The van der Waals surface area contributed by atoms with Crippen molar-refractivity contribution in [1.82, 2.24) is 5.32 Å². The fourth-order valence-corrected chi connectivity index (χ4v) is 7.47. The van der Waals surface area contributed by atoms with Gasteiger partial charge in [-0.05, 0) is 49.4 Å². The Morgan fingerprint density at radius 1 is 1.30 bits per heavy atom. The van der Waals surface area contributed by atoms with Crippen LogP contribution in [0.2, 0.25) is 5.02 Å². The van der Waals surface area contributed by atoms with E-state index in [1.54, 1.807) is 0 Å². The van der Waals surface area contributed by atoms with Crippen LogP contribution in [0.15, 0.2) is 18.2 Å². The van der Waals surface area contributed by atoms with E-state index >= 15 is 0 Å². The van der Waals surface area contributed by atoms with Crippen LogP contribution in [0.1, 0.15) is 48.2 Å². The molecule has 6 heteroatoms. The van der Waals surface area contributed by atoms with Crippen LogP contribution in [-0.4, -0.2) is 33.9 Å². The summed E-state index contributed by atoms with van der Waals surface area (Å²) in [6, 6.07) is 5.77. The number of nitrogens with one attached hydrogen (secondary N) is 1. The monoisotopic (exact) mass is 355 g/mol. The summed E-state index contributed by atoms with van der Waals surface area (Å²) in [5, 5.41) is 3.54. The van der Waals surface area contributed by atoms with Crippen LogP contribution in [0, 0.1) is 5.41 Å². The number of hydrogen-bond donors (Lipinski definition) is 1. The van der Waals surface area contributed by atoms with Crippen molar-refractivity contribution in [3.8, 4) is 0 Å². The summed E-state index contributed by atoms with van der Waals surface area (Å²) in [6.45, 7) is 2.45. The molecule has 1 aromatic carbocycles. The van der Waals surface area contributed by atoms with Crippen molar-refractivity contribution in [3.05, 3.63) is 34.3 Å². The average molecular weight is 356 g/mol. The third-order valence-corrected chi connectivity index (χ3v) is 8.33. The maximum Gasteiger partial charge on any atom is 0.158 e. The van der Waals surface area contributed by atoms with Gasteiger partial charge in [0, 0.05) is 23.6 Å². The van der Waals surface area contributed by atoms with Gasteiger partial charge in [-0.3, -0.25) is 0 Å². The van der Waals surface area contributed by atoms with Crippen LogP contribution in [0.25, 0.3) is 0 Å². The largest absolute Gasteiger partial charge is 0.373 e. The van der Waals surface area contributed by atoms with E-state index in [0.29, 0.717) is 10.8 Å². The first-order chi connectivity index (χ1) is 11.0. The molecule has 1 spiro atoms. The first-order valence-corrected chi connectivity index (χ1v) is 10.4. The van der Waals surface area contributed by atoms with E-state index in [9.17, 15) is 8.42 Å². The minimum absolute atomic E-state index is 0.0467. The Balaban J connectivity index is 1.65.